The van der Waals surface area contributed by atoms with Crippen LogP contribution in [0.3, 0.4) is 0 Å². The molecule has 4 aromatic rings. The average Bonchev–Trinajstić information content (AvgIpc) is 3.23. The van der Waals surface area contributed by atoms with Gasteiger partial charge in [0.2, 0.25) is 10.0 Å². The summed E-state index contributed by atoms with van der Waals surface area (Å²) >= 11 is 0. The van der Waals surface area contributed by atoms with Crippen molar-refractivity contribution in [3.05, 3.63) is 83.9 Å². The molecule has 176 valence electrons. The molecule has 5 nitrogen and oxygen atoms in total. The van der Waals surface area contributed by atoms with Crippen LogP contribution < -0.4 is 4.72 Å². The second-order valence-corrected chi connectivity index (χ2v) is 11.0. The van der Waals surface area contributed by atoms with Crippen molar-refractivity contribution in [2.75, 3.05) is 6.54 Å². The third-order valence-electron chi connectivity index (χ3n) is 6.86. The van der Waals surface area contributed by atoms with E-state index in [1.54, 1.807) is 12.1 Å². The van der Waals surface area contributed by atoms with E-state index in [0.717, 1.165) is 22.4 Å². The van der Waals surface area contributed by atoms with Crippen molar-refractivity contribution in [1.82, 2.24) is 14.3 Å². The van der Waals surface area contributed by atoms with Gasteiger partial charge in [-0.25, -0.2) is 18.1 Å². The van der Waals surface area contributed by atoms with Crippen LogP contribution in [0.4, 0.5) is 0 Å². The lowest BCUT2D eigenvalue weighted by molar-refractivity contribution is 0.443. The molecule has 0 amide bonds. The number of para-hydroxylation sites is 2. The van der Waals surface area contributed by atoms with Crippen molar-refractivity contribution < 1.29 is 8.42 Å². The predicted molar refractivity (Wildman–Crippen MR) is 137 cm³/mol. The second kappa shape index (κ2) is 9.72. The molecule has 5 rings (SSSR count). The van der Waals surface area contributed by atoms with E-state index in [2.05, 4.69) is 40.5 Å². The Bertz CT molecular complexity index is 1370. The van der Waals surface area contributed by atoms with Gasteiger partial charge in [0.25, 0.3) is 0 Å². The third-order valence-corrected chi connectivity index (χ3v) is 8.34. The number of rotatable bonds is 7. The van der Waals surface area contributed by atoms with Crippen LogP contribution in [0.1, 0.15) is 49.1 Å². The number of fused-ring (bicyclic) bond motifs is 1. The zero-order valence-corrected chi connectivity index (χ0v) is 20.4. The minimum atomic E-state index is -3.58. The van der Waals surface area contributed by atoms with E-state index < -0.39 is 10.0 Å². The van der Waals surface area contributed by atoms with E-state index in [-0.39, 0.29) is 6.54 Å². The molecule has 1 saturated carbocycles. The van der Waals surface area contributed by atoms with E-state index in [1.165, 1.54) is 43.2 Å². The topological polar surface area (TPSA) is 64.0 Å². The number of sulfonamides is 1. The lowest BCUT2D eigenvalue weighted by Gasteiger charge is -2.22. The van der Waals surface area contributed by atoms with Crippen LogP contribution in [0.25, 0.3) is 22.4 Å². The summed E-state index contributed by atoms with van der Waals surface area (Å²) in [4.78, 5) is 5.15. The quantitative estimate of drug-likeness (QED) is 0.356. The molecular formula is C28H31N3O2S. The van der Waals surface area contributed by atoms with Crippen molar-refractivity contribution in [3.63, 3.8) is 0 Å². The van der Waals surface area contributed by atoms with Gasteiger partial charge in [-0.15, -0.1) is 0 Å². The molecule has 6 heteroatoms. The number of benzene rings is 3. The standard InChI is InChI=1S/C28H31N3O2S/c1-21-11-13-24(14-12-21)28-30-26-9-5-6-10-27(26)31(28)20-19-29-34(32,33)25-17-15-23(16-18-25)22-7-3-2-4-8-22/h5-6,9-18,22,29H,2-4,7-8,19-20H2,1H3. The van der Waals surface area contributed by atoms with Gasteiger partial charge in [-0.2, -0.15) is 0 Å². The van der Waals surface area contributed by atoms with Crippen LogP contribution in [0.5, 0.6) is 0 Å². The van der Waals surface area contributed by atoms with E-state index in [4.69, 9.17) is 4.98 Å². The third kappa shape index (κ3) is 4.79. The van der Waals surface area contributed by atoms with Crippen molar-refractivity contribution >= 4 is 21.1 Å². The van der Waals surface area contributed by atoms with Crippen molar-refractivity contribution in [2.45, 2.75) is 56.4 Å². The maximum Gasteiger partial charge on any atom is 0.240 e. The SMILES string of the molecule is Cc1ccc(-c2nc3ccccc3n2CCNS(=O)(=O)c2ccc(C3CCCCC3)cc2)cc1. The summed E-state index contributed by atoms with van der Waals surface area (Å²) in [5, 5.41) is 0. The van der Waals surface area contributed by atoms with Gasteiger partial charge in [-0.3, -0.25) is 0 Å². The number of nitrogens with one attached hydrogen (secondary N) is 1. The fourth-order valence-electron chi connectivity index (χ4n) is 4.96. The Kier molecular flexibility index (Phi) is 6.53. The summed E-state index contributed by atoms with van der Waals surface area (Å²) in [6.45, 7) is 2.83. The Hall–Kier alpha value is -2.96. The highest BCUT2D eigenvalue weighted by Gasteiger charge is 2.19. The summed E-state index contributed by atoms with van der Waals surface area (Å²) in [7, 11) is -3.58. The number of hydrogen-bond donors (Lipinski definition) is 1. The number of aryl methyl sites for hydroxylation is 1. The number of hydrogen-bond acceptors (Lipinski definition) is 3. The van der Waals surface area contributed by atoms with E-state index in [0.29, 0.717) is 17.4 Å². The summed E-state index contributed by atoms with van der Waals surface area (Å²) < 4.78 is 30.8. The molecule has 1 aromatic heterocycles. The Morgan fingerprint density at radius 2 is 1.62 bits per heavy atom. The zero-order chi connectivity index (χ0) is 23.5. The first-order chi connectivity index (χ1) is 16.5. The molecule has 1 N–H and O–H groups in total. The Balaban J connectivity index is 1.32. The van der Waals surface area contributed by atoms with Gasteiger partial charge in [0, 0.05) is 18.7 Å². The Morgan fingerprint density at radius 1 is 0.912 bits per heavy atom. The molecule has 0 bridgehead atoms. The molecule has 0 radical (unpaired) electrons. The smallest absolute Gasteiger partial charge is 0.240 e. The number of imidazole rings is 1. The maximum atomic E-state index is 13.0. The van der Waals surface area contributed by atoms with E-state index in [9.17, 15) is 8.42 Å². The Labute approximate surface area is 201 Å². The second-order valence-electron chi connectivity index (χ2n) is 9.24. The molecule has 1 aliphatic rings. The Morgan fingerprint density at radius 3 is 2.35 bits per heavy atom. The number of aromatic nitrogens is 2. The van der Waals surface area contributed by atoms with Crippen LogP contribution >= 0.6 is 0 Å². The minimum Gasteiger partial charge on any atom is -0.323 e. The average molecular weight is 474 g/mol. The van der Waals surface area contributed by atoms with Crippen molar-refractivity contribution in [3.8, 4) is 11.4 Å². The van der Waals surface area contributed by atoms with E-state index in [1.807, 2.05) is 36.4 Å². The lowest BCUT2D eigenvalue weighted by atomic mass is 9.84. The van der Waals surface area contributed by atoms with Gasteiger partial charge in [-0.05, 0) is 55.5 Å². The first kappa shape index (κ1) is 22.8. The molecular weight excluding hydrogens is 442 g/mol. The van der Waals surface area contributed by atoms with Crippen molar-refractivity contribution in [1.29, 1.82) is 0 Å². The molecule has 1 heterocycles. The highest BCUT2D eigenvalue weighted by atomic mass is 32.2. The molecule has 1 fully saturated rings. The predicted octanol–water partition coefficient (Wildman–Crippen LogP) is 6.04. The fourth-order valence-corrected chi connectivity index (χ4v) is 5.98. The van der Waals surface area contributed by atoms with Crippen LogP contribution in [0.15, 0.2) is 77.7 Å². The van der Waals surface area contributed by atoms with Crippen LogP contribution in [0.2, 0.25) is 0 Å². The first-order valence-corrected chi connectivity index (χ1v) is 13.6. The monoisotopic (exact) mass is 473 g/mol. The zero-order valence-electron chi connectivity index (χ0n) is 19.6. The summed E-state index contributed by atoms with van der Waals surface area (Å²) in [5.74, 6) is 1.41. The maximum absolute atomic E-state index is 13.0. The molecule has 1 aliphatic carbocycles. The summed E-state index contributed by atoms with van der Waals surface area (Å²) in [5.41, 5.74) is 5.36. The lowest BCUT2D eigenvalue weighted by Crippen LogP contribution is -2.27. The van der Waals surface area contributed by atoms with Crippen molar-refractivity contribution in [2.24, 2.45) is 0 Å². The van der Waals surface area contributed by atoms with Gasteiger partial charge in [0.1, 0.15) is 5.82 Å². The van der Waals surface area contributed by atoms with Gasteiger partial charge in [0.15, 0.2) is 0 Å². The largest absolute Gasteiger partial charge is 0.323 e. The van der Waals surface area contributed by atoms with Gasteiger partial charge < -0.3 is 4.57 Å². The molecule has 0 saturated heterocycles. The highest BCUT2D eigenvalue weighted by molar-refractivity contribution is 7.89. The van der Waals surface area contributed by atoms with Gasteiger partial charge in [0.05, 0.1) is 15.9 Å². The molecule has 0 atom stereocenters. The molecule has 3 aromatic carbocycles. The van der Waals surface area contributed by atoms with Crippen LogP contribution in [-0.4, -0.2) is 24.5 Å². The van der Waals surface area contributed by atoms with Gasteiger partial charge in [-0.1, -0.05) is 73.4 Å². The summed E-state index contributed by atoms with van der Waals surface area (Å²) in [6, 6.07) is 23.7. The number of nitrogens with zero attached hydrogens (tertiary/aromatic N) is 2. The van der Waals surface area contributed by atoms with Crippen LogP contribution in [0, 0.1) is 6.92 Å². The highest BCUT2D eigenvalue weighted by Crippen LogP contribution is 2.33. The van der Waals surface area contributed by atoms with Crippen LogP contribution in [-0.2, 0) is 16.6 Å². The summed E-state index contributed by atoms with van der Waals surface area (Å²) in [6.07, 6.45) is 6.24. The van der Waals surface area contributed by atoms with E-state index >= 15 is 0 Å². The fraction of sp³-hybridized carbons (Fsp3) is 0.321. The normalized spacial score (nSPS) is 15.1. The molecule has 0 spiro atoms. The molecule has 34 heavy (non-hydrogen) atoms. The van der Waals surface area contributed by atoms with Gasteiger partial charge >= 0.3 is 0 Å². The minimum absolute atomic E-state index is 0.284. The molecule has 0 aliphatic heterocycles. The first-order valence-electron chi connectivity index (χ1n) is 12.1. The molecule has 0 unspecified atom stereocenters.